The molecule has 0 radical (unpaired) electrons. The van der Waals surface area contributed by atoms with Crippen LogP contribution in [-0.4, -0.2) is 11.0 Å². The van der Waals surface area contributed by atoms with Crippen LogP contribution in [0.2, 0.25) is 0 Å². The van der Waals surface area contributed by atoms with Crippen LogP contribution >= 0.6 is 27.5 Å². The van der Waals surface area contributed by atoms with Crippen molar-refractivity contribution in [2.75, 3.05) is 5.32 Å². The van der Waals surface area contributed by atoms with Gasteiger partial charge < -0.3 is 10.4 Å². The molecule has 0 aliphatic heterocycles. The quantitative estimate of drug-likeness (QED) is 0.825. The molecule has 0 aliphatic rings. The number of phenols is 1. The van der Waals surface area contributed by atoms with Crippen molar-refractivity contribution in [1.82, 2.24) is 0 Å². The summed E-state index contributed by atoms with van der Waals surface area (Å²) in [6.07, 6.45) is 0. The number of anilines is 1. The van der Waals surface area contributed by atoms with Crippen LogP contribution in [0.15, 0.2) is 46.9 Å². The van der Waals surface area contributed by atoms with E-state index in [0.29, 0.717) is 16.0 Å². The number of rotatable bonds is 3. The van der Waals surface area contributed by atoms with Gasteiger partial charge in [-0.1, -0.05) is 28.1 Å². The lowest BCUT2D eigenvalue weighted by Crippen LogP contribution is -2.12. The Morgan fingerprint density at radius 2 is 2.05 bits per heavy atom. The van der Waals surface area contributed by atoms with Crippen molar-refractivity contribution in [1.29, 1.82) is 0 Å². The van der Waals surface area contributed by atoms with Crippen LogP contribution in [0, 0.1) is 0 Å². The summed E-state index contributed by atoms with van der Waals surface area (Å²) in [4.78, 5) is 12.0. The van der Waals surface area contributed by atoms with E-state index in [1.165, 1.54) is 6.07 Å². The minimum absolute atomic E-state index is 0.0691. The topological polar surface area (TPSA) is 49.3 Å². The molecule has 0 unspecified atom stereocenters. The highest BCUT2D eigenvalue weighted by Gasteiger charge is 2.11. The van der Waals surface area contributed by atoms with Gasteiger partial charge in [0.1, 0.15) is 5.75 Å². The molecular formula is C14H11BrClNO2. The Morgan fingerprint density at radius 3 is 2.74 bits per heavy atom. The average Bonchev–Trinajstić information content (AvgIpc) is 2.38. The number of hydrogen-bond donors (Lipinski definition) is 2. The molecule has 19 heavy (non-hydrogen) atoms. The predicted octanol–water partition coefficient (Wildman–Crippen LogP) is 4.15. The first kappa shape index (κ1) is 13.9. The number of carbonyl (C=O) groups is 1. The lowest BCUT2D eigenvalue weighted by Gasteiger charge is -2.08. The summed E-state index contributed by atoms with van der Waals surface area (Å²) < 4.78 is 0.714. The second kappa shape index (κ2) is 6.08. The molecule has 0 spiro atoms. The van der Waals surface area contributed by atoms with Crippen molar-refractivity contribution in [3.63, 3.8) is 0 Å². The van der Waals surface area contributed by atoms with Crippen LogP contribution in [0.25, 0.3) is 0 Å². The van der Waals surface area contributed by atoms with Crippen molar-refractivity contribution in [2.24, 2.45) is 0 Å². The summed E-state index contributed by atoms with van der Waals surface area (Å²) in [6.45, 7) is 0. The van der Waals surface area contributed by atoms with Crippen molar-refractivity contribution >= 4 is 39.1 Å². The Labute approximate surface area is 124 Å². The summed E-state index contributed by atoms with van der Waals surface area (Å²) in [6, 6.07) is 12.0. The highest BCUT2D eigenvalue weighted by atomic mass is 79.9. The lowest BCUT2D eigenvalue weighted by molar-refractivity contribution is 0.102. The summed E-state index contributed by atoms with van der Waals surface area (Å²) in [7, 11) is 0. The molecule has 2 aromatic carbocycles. The monoisotopic (exact) mass is 339 g/mol. The van der Waals surface area contributed by atoms with E-state index in [-0.39, 0.29) is 17.2 Å². The van der Waals surface area contributed by atoms with E-state index in [2.05, 4.69) is 21.2 Å². The van der Waals surface area contributed by atoms with Crippen LogP contribution < -0.4 is 5.32 Å². The summed E-state index contributed by atoms with van der Waals surface area (Å²) in [5.74, 6) is -0.0511. The van der Waals surface area contributed by atoms with Crippen LogP contribution in [0.5, 0.6) is 5.75 Å². The van der Waals surface area contributed by atoms with Gasteiger partial charge >= 0.3 is 0 Å². The third-order valence-electron chi connectivity index (χ3n) is 2.54. The molecule has 0 fully saturated rings. The third-order valence-corrected chi connectivity index (χ3v) is 3.35. The Morgan fingerprint density at radius 1 is 1.26 bits per heavy atom. The number of alkyl halides is 1. The maximum atomic E-state index is 12.0. The minimum Gasteiger partial charge on any atom is -0.507 e. The predicted molar refractivity (Wildman–Crippen MR) is 79.8 cm³/mol. The van der Waals surface area contributed by atoms with Crippen LogP contribution in [0.4, 0.5) is 5.69 Å². The molecule has 0 saturated heterocycles. The molecule has 1 amide bonds. The first-order chi connectivity index (χ1) is 9.10. The van der Waals surface area contributed by atoms with Crippen molar-refractivity contribution in [2.45, 2.75) is 5.88 Å². The van der Waals surface area contributed by atoms with E-state index < -0.39 is 0 Å². The smallest absolute Gasteiger partial charge is 0.259 e. The Balaban J connectivity index is 2.20. The number of benzene rings is 2. The summed E-state index contributed by atoms with van der Waals surface area (Å²) >= 11 is 8.96. The van der Waals surface area contributed by atoms with Crippen LogP contribution in [0.1, 0.15) is 15.9 Å². The normalized spacial score (nSPS) is 10.2. The molecule has 0 saturated carbocycles. The van der Waals surface area contributed by atoms with E-state index in [4.69, 9.17) is 11.6 Å². The van der Waals surface area contributed by atoms with Gasteiger partial charge in [0.25, 0.3) is 5.91 Å². The van der Waals surface area contributed by atoms with Crippen LogP contribution in [-0.2, 0) is 5.88 Å². The molecule has 2 aromatic rings. The first-order valence-corrected chi connectivity index (χ1v) is 6.87. The second-order valence-electron chi connectivity index (χ2n) is 3.95. The number of nitrogens with one attached hydrogen (secondary N) is 1. The van der Waals surface area contributed by atoms with Gasteiger partial charge in [0.05, 0.1) is 5.56 Å². The molecule has 0 aliphatic carbocycles. The number of amides is 1. The average molecular weight is 341 g/mol. The fourth-order valence-corrected chi connectivity index (χ4v) is 2.14. The largest absolute Gasteiger partial charge is 0.507 e. The summed E-state index contributed by atoms with van der Waals surface area (Å²) in [5, 5.41) is 12.4. The molecule has 0 atom stereocenters. The standard InChI is InChI=1S/C14H11BrClNO2/c15-10-4-5-12(13(18)7-10)14(19)17-11-3-1-2-9(6-11)8-16/h1-7,18H,8H2,(H,17,19). The third kappa shape index (κ3) is 3.49. The SMILES string of the molecule is O=C(Nc1cccc(CCl)c1)c1ccc(Br)cc1O. The maximum absolute atomic E-state index is 12.0. The minimum atomic E-state index is -0.364. The number of halogens is 2. The number of carbonyl (C=O) groups excluding carboxylic acids is 1. The second-order valence-corrected chi connectivity index (χ2v) is 5.13. The van der Waals surface area contributed by atoms with Gasteiger partial charge in [-0.25, -0.2) is 0 Å². The molecule has 98 valence electrons. The highest BCUT2D eigenvalue weighted by molar-refractivity contribution is 9.10. The molecule has 0 heterocycles. The molecule has 0 bridgehead atoms. The van der Waals surface area contributed by atoms with Crippen LogP contribution in [0.3, 0.4) is 0 Å². The molecule has 3 nitrogen and oxygen atoms in total. The fraction of sp³-hybridized carbons (Fsp3) is 0.0714. The van der Waals surface area contributed by atoms with E-state index in [1.807, 2.05) is 12.1 Å². The van der Waals surface area contributed by atoms with Gasteiger partial charge in [0.2, 0.25) is 0 Å². The van der Waals surface area contributed by atoms with Gasteiger partial charge in [-0.3, -0.25) is 4.79 Å². The number of phenolic OH excluding ortho intramolecular Hbond substituents is 1. The Hall–Kier alpha value is -1.52. The lowest BCUT2D eigenvalue weighted by atomic mass is 10.1. The van der Waals surface area contributed by atoms with Crippen molar-refractivity contribution in [3.8, 4) is 5.75 Å². The zero-order valence-electron chi connectivity index (χ0n) is 9.86. The van der Waals surface area contributed by atoms with Gasteiger partial charge in [-0.05, 0) is 35.9 Å². The molecular weight excluding hydrogens is 330 g/mol. The van der Waals surface area contributed by atoms with Gasteiger partial charge in [0.15, 0.2) is 0 Å². The van der Waals surface area contributed by atoms with Crippen molar-refractivity contribution < 1.29 is 9.90 Å². The van der Waals surface area contributed by atoms with E-state index in [9.17, 15) is 9.90 Å². The number of aromatic hydroxyl groups is 1. The van der Waals surface area contributed by atoms with E-state index in [0.717, 1.165) is 5.56 Å². The first-order valence-electron chi connectivity index (χ1n) is 5.55. The van der Waals surface area contributed by atoms with E-state index >= 15 is 0 Å². The molecule has 2 rings (SSSR count). The fourth-order valence-electron chi connectivity index (χ4n) is 1.63. The Bertz CT molecular complexity index is 616. The Kier molecular flexibility index (Phi) is 4.45. The highest BCUT2D eigenvalue weighted by Crippen LogP contribution is 2.23. The van der Waals surface area contributed by atoms with Gasteiger partial charge in [-0.15, -0.1) is 11.6 Å². The maximum Gasteiger partial charge on any atom is 0.259 e. The van der Waals surface area contributed by atoms with Gasteiger partial charge in [-0.2, -0.15) is 0 Å². The van der Waals surface area contributed by atoms with E-state index in [1.54, 1.807) is 24.3 Å². The molecule has 5 heteroatoms. The number of hydrogen-bond acceptors (Lipinski definition) is 2. The zero-order chi connectivity index (χ0) is 13.8. The molecule has 2 N–H and O–H groups in total. The summed E-state index contributed by atoms with van der Waals surface area (Å²) in [5.41, 5.74) is 1.78. The van der Waals surface area contributed by atoms with Gasteiger partial charge in [0, 0.05) is 16.0 Å². The van der Waals surface area contributed by atoms with Crippen molar-refractivity contribution in [3.05, 3.63) is 58.1 Å². The molecule has 0 aromatic heterocycles. The zero-order valence-corrected chi connectivity index (χ0v) is 12.2.